The van der Waals surface area contributed by atoms with Gasteiger partial charge in [-0.05, 0) is 51.4 Å². The number of rotatable bonds is 10. The molecule has 1 unspecified atom stereocenters. The van der Waals surface area contributed by atoms with E-state index in [0.29, 0.717) is 24.0 Å². The van der Waals surface area contributed by atoms with Gasteiger partial charge in [-0.15, -0.1) is 0 Å². The van der Waals surface area contributed by atoms with Crippen LogP contribution in [-0.4, -0.2) is 64.7 Å². The summed E-state index contributed by atoms with van der Waals surface area (Å²) in [4.78, 5) is 23.7. The summed E-state index contributed by atoms with van der Waals surface area (Å²) >= 11 is 0. The summed E-state index contributed by atoms with van der Waals surface area (Å²) in [6, 6.07) is 19.4. The predicted molar refractivity (Wildman–Crippen MR) is 145 cm³/mol. The smallest absolute Gasteiger partial charge is 0.261 e. The fourth-order valence-electron chi connectivity index (χ4n) is 5.37. The standard InChI is InChI=1S/C29H41N5O/c1-5-11-27(33-20-22(2)30-23(3)21-33)28-31-26-15-10-9-14-25(26)29(35)34(28)19-18-32(4)17-16-24-12-7-6-8-13-24/h6-10,12-15,22-23,27,30H,5,11,16-21H2,1-4H3/t22-,23+,27?. The second kappa shape index (κ2) is 11.9. The van der Waals surface area contributed by atoms with Gasteiger partial charge in [0.05, 0.1) is 16.9 Å². The van der Waals surface area contributed by atoms with E-state index in [0.717, 1.165) is 56.8 Å². The molecule has 0 amide bonds. The Balaban J connectivity index is 1.62. The van der Waals surface area contributed by atoms with E-state index in [4.69, 9.17) is 4.98 Å². The van der Waals surface area contributed by atoms with Crippen LogP contribution in [0.4, 0.5) is 0 Å². The zero-order valence-corrected chi connectivity index (χ0v) is 21.8. The summed E-state index contributed by atoms with van der Waals surface area (Å²) in [5, 5.41) is 4.35. The highest BCUT2D eigenvalue weighted by molar-refractivity contribution is 5.77. The van der Waals surface area contributed by atoms with Gasteiger partial charge >= 0.3 is 0 Å². The molecule has 1 N–H and O–H groups in total. The summed E-state index contributed by atoms with van der Waals surface area (Å²) in [6.45, 7) is 11.1. The van der Waals surface area contributed by atoms with Crippen LogP contribution in [0.3, 0.4) is 0 Å². The molecule has 3 aromatic rings. The van der Waals surface area contributed by atoms with E-state index in [1.165, 1.54) is 5.56 Å². The van der Waals surface area contributed by atoms with Crippen LogP contribution in [0.1, 0.15) is 51.0 Å². The first-order valence-electron chi connectivity index (χ1n) is 13.2. The van der Waals surface area contributed by atoms with Crippen molar-refractivity contribution in [2.24, 2.45) is 0 Å². The fourth-order valence-corrected chi connectivity index (χ4v) is 5.37. The number of hydrogen-bond donors (Lipinski definition) is 1. The molecule has 3 atom stereocenters. The molecular weight excluding hydrogens is 434 g/mol. The van der Waals surface area contributed by atoms with Crippen molar-refractivity contribution in [3.63, 3.8) is 0 Å². The molecule has 0 radical (unpaired) electrons. The second-order valence-electron chi connectivity index (χ2n) is 10.2. The van der Waals surface area contributed by atoms with Crippen LogP contribution in [0, 0.1) is 0 Å². The van der Waals surface area contributed by atoms with Crippen molar-refractivity contribution < 1.29 is 0 Å². The molecule has 1 aliphatic heterocycles. The number of hydrogen-bond acceptors (Lipinski definition) is 5. The molecule has 2 aromatic carbocycles. The quantitative estimate of drug-likeness (QED) is 0.479. The van der Waals surface area contributed by atoms with Crippen LogP contribution in [0.25, 0.3) is 10.9 Å². The summed E-state index contributed by atoms with van der Waals surface area (Å²) in [5.41, 5.74) is 2.23. The summed E-state index contributed by atoms with van der Waals surface area (Å²) in [7, 11) is 2.14. The van der Waals surface area contributed by atoms with Crippen molar-refractivity contribution in [1.29, 1.82) is 0 Å². The Morgan fingerprint density at radius 1 is 1.03 bits per heavy atom. The summed E-state index contributed by atoms with van der Waals surface area (Å²) in [5.74, 6) is 0.924. The molecule has 4 rings (SSSR count). The maximum Gasteiger partial charge on any atom is 0.261 e. The predicted octanol–water partition coefficient (Wildman–Crippen LogP) is 4.09. The van der Waals surface area contributed by atoms with Gasteiger partial charge in [-0.2, -0.15) is 0 Å². The third kappa shape index (κ3) is 6.37. The lowest BCUT2D eigenvalue weighted by atomic mass is 10.0. The molecule has 0 saturated carbocycles. The molecule has 0 bridgehead atoms. The molecule has 1 saturated heterocycles. The highest BCUT2D eigenvalue weighted by Crippen LogP contribution is 2.27. The van der Waals surface area contributed by atoms with E-state index >= 15 is 0 Å². The molecule has 1 fully saturated rings. The van der Waals surface area contributed by atoms with Crippen molar-refractivity contribution in [2.45, 2.75) is 64.7 Å². The van der Waals surface area contributed by atoms with Crippen molar-refractivity contribution in [1.82, 2.24) is 24.7 Å². The normalized spacial score (nSPS) is 19.9. The van der Waals surface area contributed by atoms with Gasteiger partial charge in [0.1, 0.15) is 5.82 Å². The lowest BCUT2D eigenvalue weighted by Gasteiger charge is -2.41. The highest BCUT2D eigenvalue weighted by Gasteiger charge is 2.30. The minimum atomic E-state index is 0.0828. The van der Waals surface area contributed by atoms with E-state index in [1.807, 2.05) is 28.8 Å². The molecule has 6 nitrogen and oxygen atoms in total. The molecule has 188 valence electrons. The Morgan fingerprint density at radius 2 is 1.71 bits per heavy atom. The SMILES string of the molecule is CCCC(c1nc2ccccc2c(=O)n1CCN(C)CCc1ccccc1)N1C[C@@H](C)N[C@@H](C)C1. The van der Waals surface area contributed by atoms with Crippen molar-refractivity contribution in [3.8, 4) is 0 Å². The number of piperazine rings is 1. The number of benzene rings is 2. The number of para-hydroxylation sites is 1. The van der Waals surface area contributed by atoms with Crippen LogP contribution in [0.2, 0.25) is 0 Å². The number of fused-ring (bicyclic) bond motifs is 1. The second-order valence-corrected chi connectivity index (χ2v) is 10.2. The minimum Gasteiger partial charge on any atom is -0.309 e. The van der Waals surface area contributed by atoms with E-state index in [-0.39, 0.29) is 11.6 Å². The van der Waals surface area contributed by atoms with E-state index in [9.17, 15) is 4.79 Å². The Kier molecular flexibility index (Phi) is 8.71. The van der Waals surface area contributed by atoms with Crippen molar-refractivity contribution >= 4 is 10.9 Å². The third-order valence-corrected chi connectivity index (χ3v) is 7.11. The van der Waals surface area contributed by atoms with Gasteiger partial charge in [-0.3, -0.25) is 14.3 Å². The largest absolute Gasteiger partial charge is 0.309 e. The van der Waals surface area contributed by atoms with Crippen LogP contribution < -0.4 is 10.9 Å². The highest BCUT2D eigenvalue weighted by atomic mass is 16.1. The van der Waals surface area contributed by atoms with E-state index in [1.54, 1.807) is 0 Å². The Bertz CT molecular complexity index is 1130. The first kappa shape index (κ1) is 25.5. The number of nitrogens with zero attached hydrogens (tertiary/aromatic N) is 4. The molecule has 0 aliphatic carbocycles. The Labute approximate surface area is 210 Å². The zero-order valence-electron chi connectivity index (χ0n) is 21.8. The monoisotopic (exact) mass is 475 g/mol. The Morgan fingerprint density at radius 3 is 2.43 bits per heavy atom. The zero-order chi connectivity index (χ0) is 24.8. The fraction of sp³-hybridized carbons (Fsp3) is 0.517. The lowest BCUT2D eigenvalue weighted by molar-refractivity contribution is 0.108. The average Bonchev–Trinajstić information content (AvgIpc) is 2.85. The first-order valence-corrected chi connectivity index (χ1v) is 13.2. The number of likely N-dealkylation sites (N-methyl/N-ethyl adjacent to an activating group) is 1. The summed E-state index contributed by atoms with van der Waals surface area (Å²) < 4.78 is 1.97. The minimum absolute atomic E-state index is 0.0828. The van der Waals surface area contributed by atoms with Gasteiger partial charge in [0.25, 0.3) is 5.56 Å². The first-order chi connectivity index (χ1) is 17.0. The molecule has 0 spiro atoms. The Hall–Kier alpha value is -2.54. The summed E-state index contributed by atoms with van der Waals surface area (Å²) in [6.07, 6.45) is 3.05. The van der Waals surface area contributed by atoms with Gasteiger partial charge in [-0.25, -0.2) is 4.98 Å². The van der Waals surface area contributed by atoms with Gasteiger partial charge in [0.15, 0.2) is 0 Å². The van der Waals surface area contributed by atoms with E-state index in [2.05, 4.69) is 73.3 Å². The van der Waals surface area contributed by atoms with Crippen LogP contribution in [0.15, 0.2) is 59.4 Å². The van der Waals surface area contributed by atoms with Gasteiger partial charge in [0.2, 0.25) is 0 Å². The van der Waals surface area contributed by atoms with E-state index < -0.39 is 0 Å². The van der Waals surface area contributed by atoms with Crippen LogP contribution >= 0.6 is 0 Å². The average molecular weight is 476 g/mol. The molecule has 35 heavy (non-hydrogen) atoms. The maximum atomic E-state index is 13.7. The lowest BCUT2D eigenvalue weighted by Crippen LogP contribution is -2.55. The van der Waals surface area contributed by atoms with Crippen molar-refractivity contribution in [3.05, 3.63) is 76.3 Å². The molecule has 6 heteroatoms. The molecule has 1 aliphatic rings. The maximum absolute atomic E-state index is 13.7. The van der Waals surface area contributed by atoms with Crippen molar-refractivity contribution in [2.75, 3.05) is 33.2 Å². The van der Waals surface area contributed by atoms with Gasteiger partial charge < -0.3 is 10.2 Å². The van der Waals surface area contributed by atoms with Gasteiger partial charge in [-0.1, -0.05) is 55.8 Å². The van der Waals surface area contributed by atoms with Gasteiger partial charge in [0, 0.05) is 44.8 Å². The number of aromatic nitrogens is 2. The molecular formula is C29H41N5O. The third-order valence-electron chi connectivity index (χ3n) is 7.11. The topological polar surface area (TPSA) is 53.4 Å². The molecule has 1 aromatic heterocycles. The molecule has 2 heterocycles. The van der Waals surface area contributed by atoms with Crippen LogP contribution in [-0.2, 0) is 13.0 Å². The van der Waals surface area contributed by atoms with Crippen LogP contribution in [0.5, 0.6) is 0 Å². The number of nitrogens with one attached hydrogen (secondary N) is 1.